The maximum Gasteiger partial charge on any atom is 0.341 e. The highest BCUT2D eigenvalue weighted by Crippen LogP contribution is 2.38. The molecule has 0 bridgehead atoms. The molecule has 0 unspecified atom stereocenters. The summed E-state index contributed by atoms with van der Waals surface area (Å²) >= 11 is 2.89. The summed E-state index contributed by atoms with van der Waals surface area (Å²) in [5.74, 6) is 0.615. The van der Waals surface area contributed by atoms with E-state index in [0.29, 0.717) is 17.2 Å². The molecule has 3 aromatic rings. The minimum atomic E-state index is -0.344. The van der Waals surface area contributed by atoms with Gasteiger partial charge in [0, 0.05) is 17.8 Å². The number of aromatic nitrogens is 3. The standard InChI is InChI=1S/C26H32N4O3S2/c1-3-30-21(16-15-18-11-7-5-8-12-18)28-29-26(30)34-17-22(31)27-24-23(25(32)33-4-2)19-13-9-6-10-14-20(19)35-24/h5,7-8,11-12H,3-4,6,9-10,13-17H2,1-2H3,(H,27,31). The maximum absolute atomic E-state index is 12.9. The number of nitrogens with zero attached hydrogens (tertiary/aromatic N) is 3. The lowest BCUT2D eigenvalue weighted by molar-refractivity contribution is -0.113. The zero-order valence-corrected chi connectivity index (χ0v) is 22.0. The van der Waals surface area contributed by atoms with Gasteiger partial charge in [-0.3, -0.25) is 4.79 Å². The Hall–Kier alpha value is -2.65. The van der Waals surface area contributed by atoms with Gasteiger partial charge in [-0.05, 0) is 57.1 Å². The fourth-order valence-electron chi connectivity index (χ4n) is 4.37. The van der Waals surface area contributed by atoms with Crippen molar-refractivity contribution in [2.45, 2.75) is 70.5 Å². The van der Waals surface area contributed by atoms with Crippen molar-refractivity contribution in [1.82, 2.24) is 14.8 Å². The van der Waals surface area contributed by atoms with E-state index in [0.717, 1.165) is 68.0 Å². The molecule has 2 heterocycles. The Morgan fingerprint density at radius 3 is 2.66 bits per heavy atom. The number of aryl methyl sites for hydroxylation is 3. The molecule has 0 radical (unpaired) electrons. The number of hydrogen-bond acceptors (Lipinski definition) is 7. The van der Waals surface area contributed by atoms with E-state index in [-0.39, 0.29) is 17.6 Å². The number of ether oxygens (including phenoxy) is 1. The van der Waals surface area contributed by atoms with E-state index in [1.54, 1.807) is 6.92 Å². The van der Waals surface area contributed by atoms with Gasteiger partial charge in [0.2, 0.25) is 5.91 Å². The first-order chi connectivity index (χ1) is 17.1. The Morgan fingerprint density at radius 1 is 1.09 bits per heavy atom. The van der Waals surface area contributed by atoms with E-state index >= 15 is 0 Å². The zero-order valence-electron chi connectivity index (χ0n) is 20.3. The van der Waals surface area contributed by atoms with Crippen molar-refractivity contribution in [3.8, 4) is 0 Å². The third-order valence-corrected chi connectivity index (χ3v) is 8.25. The van der Waals surface area contributed by atoms with Gasteiger partial charge in [0.05, 0.1) is 17.9 Å². The number of esters is 1. The van der Waals surface area contributed by atoms with Gasteiger partial charge in [-0.2, -0.15) is 0 Å². The van der Waals surface area contributed by atoms with Crippen LogP contribution in [-0.4, -0.2) is 39.0 Å². The molecule has 4 rings (SSSR count). The molecule has 9 heteroatoms. The van der Waals surface area contributed by atoms with Gasteiger partial charge in [-0.25, -0.2) is 4.79 Å². The number of anilines is 1. The zero-order chi connectivity index (χ0) is 24.6. The molecular formula is C26H32N4O3S2. The smallest absolute Gasteiger partial charge is 0.341 e. The van der Waals surface area contributed by atoms with Crippen LogP contribution in [0, 0.1) is 0 Å². The number of carbonyl (C=O) groups is 2. The number of thiophene rings is 1. The molecule has 0 spiro atoms. The van der Waals surface area contributed by atoms with Crippen molar-refractivity contribution in [3.05, 3.63) is 57.7 Å². The van der Waals surface area contributed by atoms with Crippen LogP contribution in [0.25, 0.3) is 0 Å². The van der Waals surface area contributed by atoms with Crippen molar-refractivity contribution < 1.29 is 14.3 Å². The van der Waals surface area contributed by atoms with Crippen molar-refractivity contribution in [2.24, 2.45) is 0 Å². The van der Waals surface area contributed by atoms with E-state index in [2.05, 4.69) is 39.1 Å². The monoisotopic (exact) mass is 512 g/mol. The fourth-order valence-corrected chi connectivity index (χ4v) is 6.49. The van der Waals surface area contributed by atoms with Crippen LogP contribution in [0.5, 0.6) is 0 Å². The second-order valence-corrected chi connectivity index (χ2v) is 10.5. The third-order valence-electron chi connectivity index (χ3n) is 6.08. The molecule has 0 fully saturated rings. The van der Waals surface area contributed by atoms with Crippen molar-refractivity contribution in [2.75, 3.05) is 17.7 Å². The van der Waals surface area contributed by atoms with Crippen LogP contribution in [-0.2, 0) is 41.8 Å². The summed E-state index contributed by atoms with van der Waals surface area (Å²) in [6.45, 7) is 4.91. The molecule has 1 aliphatic carbocycles. The average molecular weight is 513 g/mol. The molecule has 1 amide bonds. The van der Waals surface area contributed by atoms with Crippen molar-refractivity contribution >= 4 is 40.0 Å². The van der Waals surface area contributed by atoms with Crippen LogP contribution in [0.15, 0.2) is 35.5 Å². The van der Waals surface area contributed by atoms with Gasteiger partial charge in [0.25, 0.3) is 0 Å². The predicted octanol–water partition coefficient (Wildman–Crippen LogP) is 5.32. The van der Waals surface area contributed by atoms with E-state index in [9.17, 15) is 9.59 Å². The first-order valence-corrected chi connectivity index (χ1v) is 14.1. The van der Waals surface area contributed by atoms with Crippen LogP contribution in [0.4, 0.5) is 5.00 Å². The van der Waals surface area contributed by atoms with Crippen LogP contribution >= 0.6 is 23.1 Å². The predicted molar refractivity (Wildman–Crippen MR) is 140 cm³/mol. The molecule has 7 nitrogen and oxygen atoms in total. The van der Waals surface area contributed by atoms with Crippen LogP contribution in [0.2, 0.25) is 0 Å². The highest BCUT2D eigenvalue weighted by molar-refractivity contribution is 7.99. The summed E-state index contributed by atoms with van der Waals surface area (Å²) in [5, 5.41) is 13.0. The highest BCUT2D eigenvalue weighted by Gasteiger charge is 2.26. The molecule has 186 valence electrons. The SMILES string of the molecule is CCOC(=O)c1c(NC(=O)CSc2nnc(CCc3ccccc3)n2CC)sc2c1CCCCC2. The highest BCUT2D eigenvalue weighted by atomic mass is 32.2. The van der Waals surface area contributed by atoms with Crippen LogP contribution < -0.4 is 5.32 Å². The molecule has 0 atom stereocenters. The summed E-state index contributed by atoms with van der Waals surface area (Å²) < 4.78 is 7.39. The van der Waals surface area contributed by atoms with E-state index in [1.165, 1.54) is 33.5 Å². The van der Waals surface area contributed by atoms with Crippen molar-refractivity contribution in [3.63, 3.8) is 0 Å². The molecule has 2 aromatic heterocycles. The number of fused-ring (bicyclic) bond motifs is 1. The number of thioether (sulfide) groups is 1. The van der Waals surface area contributed by atoms with Crippen molar-refractivity contribution in [1.29, 1.82) is 0 Å². The number of nitrogens with one attached hydrogen (secondary N) is 1. The Labute approximate surface area is 214 Å². The first kappa shape index (κ1) is 25.4. The maximum atomic E-state index is 12.9. The molecule has 1 N–H and O–H groups in total. The molecule has 1 aliphatic rings. The molecule has 35 heavy (non-hydrogen) atoms. The minimum absolute atomic E-state index is 0.159. The quantitative estimate of drug-likeness (QED) is 0.225. The number of rotatable bonds is 10. The normalized spacial score (nSPS) is 13.2. The van der Waals surface area contributed by atoms with Gasteiger partial charge in [-0.1, -0.05) is 48.5 Å². The number of carbonyl (C=O) groups excluding carboxylic acids is 2. The largest absolute Gasteiger partial charge is 0.462 e. The lowest BCUT2D eigenvalue weighted by atomic mass is 10.1. The first-order valence-electron chi connectivity index (χ1n) is 12.3. The molecule has 0 saturated carbocycles. The summed E-state index contributed by atoms with van der Waals surface area (Å²) in [6.07, 6.45) is 6.81. The number of amides is 1. The Kier molecular flexibility index (Phi) is 8.98. The Bertz CT molecular complexity index is 1160. The summed E-state index contributed by atoms with van der Waals surface area (Å²) in [6, 6.07) is 10.3. The fraction of sp³-hybridized carbons (Fsp3) is 0.462. The van der Waals surface area contributed by atoms with E-state index in [1.807, 2.05) is 18.2 Å². The van der Waals surface area contributed by atoms with Gasteiger partial charge < -0.3 is 14.6 Å². The summed E-state index contributed by atoms with van der Waals surface area (Å²) in [4.78, 5) is 26.8. The summed E-state index contributed by atoms with van der Waals surface area (Å²) in [5.41, 5.74) is 2.87. The average Bonchev–Trinajstić information content (AvgIpc) is 3.33. The van der Waals surface area contributed by atoms with Gasteiger partial charge >= 0.3 is 5.97 Å². The van der Waals surface area contributed by atoms with E-state index < -0.39 is 0 Å². The minimum Gasteiger partial charge on any atom is -0.462 e. The Balaban J connectivity index is 1.41. The summed E-state index contributed by atoms with van der Waals surface area (Å²) in [7, 11) is 0. The molecule has 1 aromatic carbocycles. The van der Waals surface area contributed by atoms with Gasteiger partial charge in [0.15, 0.2) is 5.16 Å². The third kappa shape index (κ3) is 6.32. The van der Waals surface area contributed by atoms with Gasteiger partial charge in [-0.15, -0.1) is 21.5 Å². The lowest BCUT2D eigenvalue weighted by Crippen LogP contribution is -2.17. The van der Waals surface area contributed by atoms with E-state index in [4.69, 9.17) is 4.74 Å². The van der Waals surface area contributed by atoms with Gasteiger partial charge in [0.1, 0.15) is 10.8 Å². The molecule has 0 aliphatic heterocycles. The van der Waals surface area contributed by atoms with Crippen LogP contribution in [0.1, 0.15) is 65.3 Å². The molecule has 0 saturated heterocycles. The second kappa shape index (κ2) is 12.4. The second-order valence-electron chi connectivity index (χ2n) is 8.45. The number of benzene rings is 1. The topological polar surface area (TPSA) is 86.1 Å². The van der Waals surface area contributed by atoms with Crippen LogP contribution in [0.3, 0.4) is 0 Å². The molecular weight excluding hydrogens is 480 g/mol. The Morgan fingerprint density at radius 2 is 1.89 bits per heavy atom. The lowest BCUT2D eigenvalue weighted by Gasteiger charge is -2.09. The number of hydrogen-bond donors (Lipinski definition) is 1.